The fourth-order valence-electron chi connectivity index (χ4n) is 2.84. The molecular formula is C14H20OS. The molecule has 0 saturated heterocycles. The second-order valence-corrected chi connectivity index (χ2v) is 6.52. The molecule has 0 amide bonds. The lowest BCUT2D eigenvalue weighted by molar-refractivity contribution is 0.121. The molecule has 1 unspecified atom stereocenters. The number of fused-ring (bicyclic) bond motifs is 1. The highest BCUT2D eigenvalue weighted by atomic mass is 32.1. The topological polar surface area (TPSA) is 20.2 Å². The summed E-state index contributed by atoms with van der Waals surface area (Å²) in [4.78, 5) is 2.78. The molecule has 0 aromatic carbocycles. The van der Waals surface area contributed by atoms with E-state index in [0.29, 0.717) is 0 Å². The average molecular weight is 236 g/mol. The lowest BCUT2D eigenvalue weighted by Gasteiger charge is -2.27. The van der Waals surface area contributed by atoms with E-state index in [9.17, 15) is 5.11 Å². The molecule has 1 N–H and O–H groups in total. The lowest BCUT2D eigenvalue weighted by atomic mass is 9.81. The molecule has 16 heavy (non-hydrogen) atoms. The van der Waals surface area contributed by atoms with E-state index >= 15 is 0 Å². The standard InChI is InChI=1S/C14H20OS/c15-12(8-10-4-3-5-10)14-9-11-6-1-2-7-13(11)16-14/h9-10,12,15H,1-8H2. The van der Waals surface area contributed by atoms with Gasteiger partial charge in [0.1, 0.15) is 0 Å². The Balaban J connectivity index is 1.70. The summed E-state index contributed by atoms with van der Waals surface area (Å²) in [6, 6.07) is 2.28. The Labute approximate surface area is 102 Å². The molecule has 1 saturated carbocycles. The summed E-state index contributed by atoms with van der Waals surface area (Å²) in [7, 11) is 0. The summed E-state index contributed by atoms with van der Waals surface area (Å²) in [5.74, 6) is 0.800. The Morgan fingerprint density at radius 1 is 1.25 bits per heavy atom. The van der Waals surface area contributed by atoms with Crippen molar-refractivity contribution in [2.45, 2.75) is 57.5 Å². The zero-order valence-electron chi connectivity index (χ0n) is 9.74. The summed E-state index contributed by atoms with van der Waals surface area (Å²) in [6.45, 7) is 0. The normalized spacial score (nSPS) is 22.6. The van der Waals surface area contributed by atoms with Crippen LogP contribution in [-0.4, -0.2) is 5.11 Å². The van der Waals surface area contributed by atoms with Crippen molar-refractivity contribution in [3.05, 3.63) is 21.4 Å². The van der Waals surface area contributed by atoms with Gasteiger partial charge in [0.05, 0.1) is 6.10 Å². The van der Waals surface area contributed by atoms with E-state index in [2.05, 4.69) is 6.07 Å². The molecule has 1 fully saturated rings. The van der Waals surface area contributed by atoms with Crippen LogP contribution in [0.5, 0.6) is 0 Å². The van der Waals surface area contributed by atoms with Crippen molar-refractivity contribution < 1.29 is 5.11 Å². The lowest BCUT2D eigenvalue weighted by Crippen LogP contribution is -2.14. The van der Waals surface area contributed by atoms with Crippen molar-refractivity contribution >= 4 is 11.3 Å². The minimum atomic E-state index is -0.180. The highest BCUT2D eigenvalue weighted by Gasteiger charge is 2.24. The number of rotatable bonds is 3. The quantitative estimate of drug-likeness (QED) is 0.845. The van der Waals surface area contributed by atoms with Crippen molar-refractivity contribution in [1.82, 2.24) is 0 Å². The predicted molar refractivity (Wildman–Crippen MR) is 67.9 cm³/mol. The molecule has 88 valence electrons. The molecule has 2 aliphatic carbocycles. The summed E-state index contributed by atoms with van der Waals surface area (Å²) in [5, 5.41) is 10.2. The Morgan fingerprint density at radius 3 is 2.75 bits per heavy atom. The van der Waals surface area contributed by atoms with Gasteiger partial charge in [0.25, 0.3) is 0 Å². The van der Waals surface area contributed by atoms with Gasteiger partial charge in [-0.1, -0.05) is 19.3 Å². The molecular weight excluding hydrogens is 216 g/mol. The Morgan fingerprint density at radius 2 is 2.06 bits per heavy atom. The Kier molecular flexibility index (Phi) is 3.03. The monoisotopic (exact) mass is 236 g/mol. The smallest absolute Gasteiger partial charge is 0.0884 e. The molecule has 2 aliphatic rings. The van der Waals surface area contributed by atoms with Gasteiger partial charge in [0, 0.05) is 9.75 Å². The largest absolute Gasteiger partial charge is 0.388 e. The number of aliphatic hydroxyl groups excluding tert-OH is 1. The van der Waals surface area contributed by atoms with Crippen LogP contribution in [0, 0.1) is 5.92 Å². The first kappa shape index (κ1) is 10.8. The first-order valence-corrected chi connectivity index (χ1v) is 7.44. The summed E-state index contributed by atoms with van der Waals surface area (Å²) >= 11 is 1.87. The van der Waals surface area contributed by atoms with Gasteiger partial charge in [-0.25, -0.2) is 0 Å². The van der Waals surface area contributed by atoms with Crippen molar-refractivity contribution in [1.29, 1.82) is 0 Å². The molecule has 2 heteroatoms. The summed E-state index contributed by atoms with van der Waals surface area (Å²) in [5.41, 5.74) is 1.53. The maximum atomic E-state index is 10.2. The van der Waals surface area contributed by atoms with Gasteiger partial charge in [-0.3, -0.25) is 0 Å². The molecule has 1 nitrogen and oxygen atoms in total. The first-order chi connectivity index (χ1) is 7.83. The van der Waals surface area contributed by atoms with Crippen molar-refractivity contribution in [3.63, 3.8) is 0 Å². The number of hydrogen-bond donors (Lipinski definition) is 1. The van der Waals surface area contributed by atoms with Crippen molar-refractivity contribution in [3.8, 4) is 0 Å². The minimum absolute atomic E-state index is 0.180. The van der Waals surface area contributed by atoms with E-state index in [0.717, 1.165) is 12.3 Å². The van der Waals surface area contributed by atoms with Gasteiger partial charge in [-0.05, 0) is 49.7 Å². The van der Waals surface area contributed by atoms with Crippen LogP contribution < -0.4 is 0 Å². The van der Waals surface area contributed by atoms with Gasteiger partial charge < -0.3 is 5.11 Å². The van der Waals surface area contributed by atoms with E-state index in [1.165, 1.54) is 55.4 Å². The fourth-order valence-corrected chi connectivity index (χ4v) is 4.09. The molecule has 1 atom stereocenters. The van der Waals surface area contributed by atoms with E-state index < -0.39 is 0 Å². The van der Waals surface area contributed by atoms with Crippen LogP contribution in [-0.2, 0) is 12.8 Å². The molecule has 1 aromatic rings. The number of aliphatic hydroxyl groups is 1. The van der Waals surface area contributed by atoms with Crippen molar-refractivity contribution in [2.24, 2.45) is 5.92 Å². The molecule has 0 bridgehead atoms. The van der Waals surface area contributed by atoms with Gasteiger partial charge in [-0.15, -0.1) is 11.3 Å². The third kappa shape index (κ3) is 2.05. The molecule has 3 rings (SSSR count). The van der Waals surface area contributed by atoms with Gasteiger partial charge in [0.15, 0.2) is 0 Å². The van der Waals surface area contributed by atoms with Crippen LogP contribution in [0.25, 0.3) is 0 Å². The molecule has 1 heterocycles. The maximum Gasteiger partial charge on any atom is 0.0884 e. The zero-order valence-corrected chi connectivity index (χ0v) is 10.6. The van der Waals surface area contributed by atoms with Crippen LogP contribution in [0.2, 0.25) is 0 Å². The van der Waals surface area contributed by atoms with Gasteiger partial charge >= 0.3 is 0 Å². The van der Waals surface area contributed by atoms with Crippen molar-refractivity contribution in [2.75, 3.05) is 0 Å². The molecule has 0 radical (unpaired) electrons. The number of hydrogen-bond acceptors (Lipinski definition) is 2. The predicted octanol–water partition coefficient (Wildman–Crippen LogP) is 3.85. The minimum Gasteiger partial charge on any atom is -0.388 e. The van der Waals surface area contributed by atoms with E-state index in [1.807, 2.05) is 11.3 Å². The summed E-state index contributed by atoms with van der Waals surface area (Å²) in [6.07, 6.45) is 10.0. The van der Waals surface area contributed by atoms with Crippen LogP contribution in [0.4, 0.5) is 0 Å². The molecule has 1 aromatic heterocycles. The van der Waals surface area contributed by atoms with Crippen LogP contribution >= 0.6 is 11.3 Å². The van der Waals surface area contributed by atoms with Gasteiger partial charge in [-0.2, -0.15) is 0 Å². The van der Waals surface area contributed by atoms with Gasteiger partial charge in [0.2, 0.25) is 0 Å². The average Bonchev–Trinajstić information content (AvgIpc) is 2.66. The Bertz CT molecular complexity index is 341. The molecule has 0 aliphatic heterocycles. The SMILES string of the molecule is OC(CC1CCC1)c1cc2c(s1)CCCC2. The molecule has 0 spiro atoms. The van der Waals surface area contributed by atoms with Crippen LogP contribution in [0.15, 0.2) is 6.07 Å². The second-order valence-electron chi connectivity index (χ2n) is 5.35. The highest BCUT2D eigenvalue weighted by Crippen LogP contribution is 2.38. The van der Waals surface area contributed by atoms with E-state index in [1.54, 1.807) is 4.88 Å². The third-order valence-corrected chi connectivity index (χ3v) is 5.46. The fraction of sp³-hybridized carbons (Fsp3) is 0.714. The number of thiophene rings is 1. The summed E-state index contributed by atoms with van der Waals surface area (Å²) < 4.78 is 0. The maximum absolute atomic E-state index is 10.2. The van der Waals surface area contributed by atoms with E-state index in [-0.39, 0.29) is 6.10 Å². The highest BCUT2D eigenvalue weighted by molar-refractivity contribution is 7.12. The van der Waals surface area contributed by atoms with Crippen LogP contribution in [0.3, 0.4) is 0 Å². The first-order valence-electron chi connectivity index (χ1n) is 6.62. The van der Waals surface area contributed by atoms with E-state index in [4.69, 9.17) is 0 Å². The third-order valence-electron chi connectivity index (χ3n) is 4.13. The number of aryl methyl sites for hydroxylation is 2. The van der Waals surface area contributed by atoms with Crippen LogP contribution in [0.1, 0.15) is 59.9 Å². The Hall–Kier alpha value is -0.340. The second kappa shape index (κ2) is 4.50. The zero-order chi connectivity index (χ0) is 11.0.